The molecule has 1 aromatic rings. The number of nitrogens with zero attached hydrogens (tertiary/aromatic N) is 2. The van der Waals surface area contributed by atoms with Crippen molar-refractivity contribution in [1.29, 1.82) is 0 Å². The summed E-state index contributed by atoms with van der Waals surface area (Å²) in [6.07, 6.45) is 2.87. The molecular formula is C10H15ClN2OS. The first-order valence-corrected chi connectivity index (χ1v) is 6.17. The number of carbonyl (C=O) groups is 1. The largest absolute Gasteiger partial charge is 0.348 e. The number of hydrogen-bond donors (Lipinski definition) is 0. The van der Waals surface area contributed by atoms with Gasteiger partial charge in [0.25, 0.3) is 0 Å². The average molecular weight is 247 g/mol. The second-order valence-corrected chi connectivity index (χ2v) is 4.72. The molecule has 0 aliphatic carbocycles. The lowest BCUT2D eigenvalue weighted by atomic mass is 10.1. The molecule has 3 nitrogen and oxygen atoms in total. The van der Waals surface area contributed by atoms with E-state index in [1.807, 2.05) is 7.05 Å². The molecule has 0 bridgehead atoms. The molecule has 0 aliphatic heterocycles. The highest BCUT2D eigenvalue weighted by atomic mass is 35.5. The molecular weight excluding hydrogens is 232 g/mol. The van der Waals surface area contributed by atoms with Crippen molar-refractivity contribution in [3.05, 3.63) is 10.0 Å². The van der Waals surface area contributed by atoms with E-state index in [0.717, 1.165) is 24.3 Å². The van der Waals surface area contributed by atoms with Crippen molar-refractivity contribution in [2.24, 2.45) is 0 Å². The molecule has 0 saturated heterocycles. The summed E-state index contributed by atoms with van der Waals surface area (Å²) in [5, 5.41) is 1.12. The zero-order valence-corrected chi connectivity index (χ0v) is 10.7. The number of aromatic nitrogens is 1. The SMILES string of the molecule is CCC(CC)N(C)c1nc(Cl)c(C=O)s1. The topological polar surface area (TPSA) is 33.2 Å². The standard InChI is InChI=1S/C10H15ClN2OS/c1-4-7(5-2)13(3)10-12-9(11)8(6-14)15-10/h6-7H,4-5H2,1-3H3. The lowest BCUT2D eigenvalue weighted by Gasteiger charge is -2.25. The highest BCUT2D eigenvalue weighted by Crippen LogP contribution is 2.29. The van der Waals surface area contributed by atoms with Crippen LogP contribution in [0.15, 0.2) is 0 Å². The molecule has 0 aliphatic rings. The summed E-state index contributed by atoms with van der Waals surface area (Å²) >= 11 is 7.16. The fourth-order valence-electron chi connectivity index (χ4n) is 1.52. The molecule has 84 valence electrons. The van der Waals surface area contributed by atoms with E-state index in [-0.39, 0.29) is 0 Å². The predicted octanol–water partition coefficient (Wildman–Crippen LogP) is 3.23. The number of rotatable bonds is 5. The van der Waals surface area contributed by atoms with Crippen LogP contribution < -0.4 is 4.90 Å². The summed E-state index contributed by atoms with van der Waals surface area (Å²) in [6.45, 7) is 4.28. The Labute approximate surface area is 99.1 Å². The third-order valence-electron chi connectivity index (χ3n) is 2.50. The van der Waals surface area contributed by atoms with Gasteiger partial charge < -0.3 is 4.90 Å². The summed E-state index contributed by atoms with van der Waals surface area (Å²) in [5.74, 6) is 0. The second-order valence-electron chi connectivity index (χ2n) is 3.35. The molecule has 5 heteroatoms. The van der Waals surface area contributed by atoms with Crippen molar-refractivity contribution in [1.82, 2.24) is 4.98 Å². The summed E-state index contributed by atoms with van der Waals surface area (Å²) in [6, 6.07) is 0.451. The van der Waals surface area contributed by atoms with E-state index in [0.29, 0.717) is 16.1 Å². The minimum absolute atomic E-state index is 0.308. The van der Waals surface area contributed by atoms with Gasteiger partial charge in [0.2, 0.25) is 0 Å². The van der Waals surface area contributed by atoms with Gasteiger partial charge in [0, 0.05) is 13.1 Å². The summed E-state index contributed by atoms with van der Waals surface area (Å²) in [5.41, 5.74) is 0. The van der Waals surface area contributed by atoms with E-state index in [2.05, 4.69) is 23.7 Å². The maximum Gasteiger partial charge on any atom is 0.187 e. The van der Waals surface area contributed by atoms with Crippen LogP contribution in [0.2, 0.25) is 5.15 Å². The molecule has 0 unspecified atom stereocenters. The van der Waals surface area contributed by atoms with Crippen LogP contribution in [0.5, 0.6) is 0 Å². The molecule has 0 saturated carbocycles. The molecule has 0 N–H and O–H groups in total. The van der Waals surface area contributed by atoms with Crippen molar-refractivity contribution >= 4 is 34.4 Å². The molecule has 1 aromatic heterocycles. The zero-order chi connectivity index (χ0) is 11.4. The fourth-order valence-corrected chi connectivity index (χ4v) is 2.61. The lowest BCUT2D eigenvalue weighted by Crippen LogP contribution is -2.30. The number of aldehydes is 1. The molecule has 0 atom stereocenters. The van der Waals surface area contributed by atoms with Gasteiger partial charge in [-0.3, -0.25) is 4.79 Å². The highest BCUT2D eigenvalue weighted by Gasteiger charge is 2.16. The second kappa shape index (κ2) is 5.47. The third-order valence-corrected chi connectivity index (χ3v) is 3.97. The van der Waals surface area contributed by atoms with Crippen LogP contribution in [0.3, 0.4) is 0 Å². The van der Waals surface area contributed by atoms with E-state index in [9.17, 15) is 4.79 Å². The zero-order valence-electron chi connectivity index (χ0n) is 9.16. The van der Waals surface area contributed by atoms with E-state index in [1.165, 1.54) is 11.3 Å². The molecule has 15 heavy (non-hydrogen) atoms. The minimum Gasteiger partial charge on any atom is -0.348 e. The van der Waals surface area contributed by atoms with E-state index in [1.54, 1.807) is 0 Å². The van der Waals surface area contributed by atoms with Crippen LogP contribution in [0.1, 0.15) is 36.4 Å². The van der Waals surface area contributed by atoms with Gasteiger partial charge in [0.1, 0.15) is 4.88 Å². The van der Waals surface area contributed by atoms with Crippen molar-refractivity contribution in [3.8, 4) is 0 Å². The average Bonchev–Trinajstić information content (AvgIpc) is 2.61. The van der Waals surface area contributed by atoms with Gasteiger partial charge in [-0.05, 0) is 12.8 Å². The van der Waals surface area contributed by atoms with Gasteiger partial charge in [-0.25, -0.2) is 4.98 Å². The maximum atomic E-state index is 10.6. The van der Waals surface area contributed by atoms with E-state index in [4.69, 9.17) is 11.6 Å². The molecule has 0 aromatic carbocycles. The minimum atomic E-state index is 0.308. The molecule has 1 rings (SSSR count). The van der Waals surface area contributed by atoms with Crippen LogP contribution in [0.4, 0.5) is 5.13 Å². The third kappa shape index (κ3) is 2.69. The van der Waals surface area contributed by atoms with Crippen molar-refractivity contribution in [2.45, 2.75) is 32.7 Å². The smallest absolute Gasteiger partial charge is 0.187 e. The Bertz CT molecular complexity index is 336. The summed E-state index contributed by atoms with van der Waals surface area (Å²) < 4.78 is 0. The van der Waals surface area contributed by atoms with Crippen LogP contribution in [-0.4, -0.2) is 24.4 Å². The van der Waals surface area contributed by atoms with Gasteiger partial charge in [-0.2, -0.15) is 0 Å². The Morgan fingerprint density at radius 1 is 1.53 bits per heavy atom. The number of halogens is 1. The first-order valence-electron chi connectivity index (χ1n) is 4.98. The maximum absolute atomic E-state index is 10.6. The number of carbonyl (C=O) groups excluding carboxylic acids is 1. The van der Waals surface area contributed by atoms with E-state index < -0.39 is 0 Å². The predicted molar refractivity (Wildman–Crippen MR) is 65.3 cm³/mol. The van der Waals surface area contributed by atoms with Crippen molar-refractivity contribution < 1.29 is 4.79 Å². The molecule has 1 heterocycles. The highest BCUT2D eigenvalue weighted by molar-refractivity contribution is 7.17. The Kier molecular flexibility index (Phi) is 4.54. The molecule has 0 fully saturated rings. The van der Waals surface area contributed by atoms with Crippen molar-refractivity contribution in [3.63, 3.8) is 0 Å². The van der Waals surface area contributed by atoms with Crippen LogP contribution >= 0.6 is 22.9 Å². The van der Waals surface area contributed by atoms with Gasteiger partial charge >= 0.3 is 0 Å². The lowest BCUT2D eigenvalue weighted by molar-refractivity contribution is 0.112. The normalized spacial score (nSPS) is 10.7. The number of hydrogen-bond acceptors (Lipinski definition) is 4. The Hall–Kier alpha value is -0.610. The number of thiazole rings is 1. The molecule has 0 radical (unpaired) electrons. The fraction of sp³-hybridized carbons (Fsp3) is 0.600. The molecule has 0 amide bonds. The van der Waals surface area contributed by atoms with Crippen LogP contribution in [0, 0.1) is 0 Å². The summed E-state index contributed by atoms with van der Waals surface area (Å²) in [7, 11) is 1.99. The van der Waals surface area contributed by atoms with Gasteiger partial charge in [-0.1, -0.05) is 36.8 Å². The van der Waals surface area contributed by atoms with Gasteiger partial charge in [-0.15, -0.1) is 0 Å². The first kappa shape index (κ1) is 12.5. The number of anilines is 1. The monoisotopic (exact) mass is 246 g/mol. The van der Waals surface area contributed by atoms with Gasteiger partial charge in [0.15, 0.2) is 16.6 Å². The molecule has 0 spiro atoms. The first-order chi connectivity index (χ1) is 7.13. The van der Waals surface area contributed by atoms with Gasteiger partial charge in [0.05, 0.1) is 0 Å². The Morgan fingerprint density at radius 3 is 2.53 bits per heavy atom. The quantitative estimate of drug-likeness (QED) is 0.748. The van der Waals surface area contributed by atoms with Crippen LogP contribution in [0.25, 0.3) is 0 Å². The van der Waals surface area contributed by atoms with Crippen molar-refractivity contribution in [2.75, 3.05) is 11.9 Å². The summed E-state index contributed by atoms with van der Waals surface area (Å²) in [4.78, 5) is 17.4. The van der Waals surface area contributed by atoms with Crippen LogP contribution in [-0.2, 0) is 0 Å². The Morgan fingerprint density at radius 2 is 2.13 bits per heavy atom. The Balaban J connectivity index is 2.90. The van der Waals surface area contributed by atoms with E-state index >= 15 is 0 Å².